The van der Waals surface area contributed by atoms with Crippen LogP contribution in [0.2, 0.25) is 0 Å². The molecule has 3 rings (SSSR count). The number of anilines is 1. The van der Waals surface area contributed by atoms with Crippen LogP contribution < -0.4 is 19.5 Å². The molecular formula is C27H32N2O4. The zero-order valence-corrected chi connectivity index (χ0v) is 19.8. The number of amides is 1. The molecule has 0 aliphatic rings. The minimum absolute atomic E-state index is 0.233. The first-order valence-electron chi connectivity index (χ1n) is 11.2. The van der Waals surface area contributed by atoms with Crippen molar-refractivity contribution in [3.05, 3.63) is 77.9 Å². The third kappa shape index (κ3) is 6.99. The first-order valence-corrected chi connectivity index (χ1v) is 11.2. The van der Waals surface area contributed by atoms with Gasteiger partial charge in [0.25, 0.3) is 5.91 Å². The number of ether oxygens (including phenoxy) is 3. The van der Waals surface area contributed by atoms with Gasteiger partial charge in [0.15, 0.2) is 11.5 Å². The van der Waals surface area contributed by atoms with E-state index < -0.39 is 0 Å². The Balaban J connectivity index is 1.67. The highest BCUT2D eigenvalue weighted by molar-refractivity contribution is 6.04. The third-order valence-electron chi connectivity index (χ3n) is 5.33. The Bertz CT molecular complexity index is 1050. The first-order chi connectivity index (χ1) is 16.0. The summed E-state index contributed by atoms with van der Waals surface area (Å²) >= 11 is 0. The van der Waals surface area contributed by atoms with Crippen molar-refractivity contribution < 1.29 is 19.0 Å². The quantitative estimate of drug-likeness (QED) is 0.404. The normalized spacial score (nSPS) is 10.7. The summed E-state index contributed by atoms with van der Waals surface area (Å²) in [5, 5.41) is 2.93. The molecule has 174 valence electrons. The zero-order chi connectivity index (χ0) is 23.6. The number of likely N-dealkylation sites (N-methyl/N-ethyl adjacent to an activating group) is 1. The molecule has 0 aliphatic heterocycles. The molecule has 1 amide bonds. The highest BCUT2D eigenvalue weighted by Crippen LogP contribution is 2.31. The van der Waals surface area contributed by atoms with Crippen LogP contribution in [0.4, 0.5) is 5.69 Å². The number of rotatable bonds is 11. The maximum atomic E-state index is 12.9. The Hall–Kier alpha value is -3.51. The summed E-state index contributed by atoms with van der Waals surface area (Å²) < 4.78 is 17.2. The van der Waals surface area contributed by atoms with E-state index in [-0.39, 0.29) is 5.91 Å². The number of carbonyl (C=O) groups excluding carboxylic acids is 1. The van der Waals surface area contributed by atoms with Gasteiger partial charge in [0.1, 0.15) is 18.1 Å². The van der Waals surface area contributed by atoms with Crippen molar-refractivity contribution in [2.45, 2.75) is 20.8 Å². The minimum Gasteiger partial charge on any atom is -0.493 e. The highest BCUT2D eigenvalue weighted by atomic mass is 16.5. The van der Waals surface area contributed by atoms with Crippen molar-refractivity contribution in [3.63, 3.8) is 0 Å². The number of hydrogen-bond donors (Lipinski definition) is 1. The second-order valence-electron chi connectivity index (χ2n) is 7.64. The SMILES string of the molecule is CCN(CC)CCOc1cc(NC(=O)c2cccc(Oc3ccc(C)cc3)c2)ccc1OC. The molecule has 0 saturated heterocycles. The minimum atomic E-state index is -0.233. The maximum absolute atomic E-state index is 12.9. The number of hydrogen-bond acceptors (Lipinski definition) is 5. The monoisotopic (exact) mass is 448 g/mol. The summed E-state index contributed by atoms with van der Waals surface area (Å²) in [5.74, 6) is 2.31. The van der Waals surface area contributed by atoms with Crippen molar-refractivity contribution in [1.82, 2.24) is 4.90 Å². The molecule has 6 nitrogen and oxygen atoms in total. The molecule has 0 atom stereocenters. The molecule has 0 bridgehead atoms. The molecular weight excluding hydrogens is 416 g/mol. The third-order valence-corrected chi connectivity index (χ3v) is 5.33. The topological polar surface area (TPSA) is 60.0 Å². The van der Waals surface area contributed by atoms with Gasteiger partial charge in [-0.3, -0.25) is 4.79 Å². The first kappa shape index (κ1) is 24.1. The van der Waals surface area contributed by atoms with E-state index in [1.54, 1.807) is 43.5 Å². The molecule has 3 aromatic rings. The average molecular weight is 449 g/mol. The van der Waals surface area contributed by atoms with Gasteiger partial charge in [-0.05, 0) is 62.5 Å². The largest absolute Gasteiger partial charge is 0.493 e. The van der Waals surface area contributed by atoms with Crippen LogP contribution >= 0.6 is 0 Å². The Morgan fingerprint density at radius 3 is 2.36 bits per heavy atom. The molecule has 0 aromatic heterocycles. The van der Waals surface area contributed by atoms with E-state index in [0.29, 0.717) is 35.1 Å². The zero-order valence-electron chi connectivity index (χ0n) is 19.8. The van der Waals surface area contributed by atoms with Crippen LogP contribution in [0, 0.1) is 6.92 Å². The summed E-state index contributed by atoms with van der Waals surface area (Å²) in [5.41, 5.74) is 2.29. The summed E-state index contributed by atoms with van der Waals surface area (Å²) in [7, 11) is 1.60. The fraction of sp³-hybridized carbons (Fsp3) is 0.296. The fourth-order valence-corrected chi connectivity index (χ4v) is 3.34. The number of nitrogens with one attached hydrogen (secondary N) is 1. The van der Waals surface area contributed by atoms with E-state index in [0.717, 1.165) is 30.9 Å². The van der Waals surface area contributed by atoms with E-state index in [1.165, 1.54) is 0 Å². The van der Waals surface area contributed by atoms with Crippen LogP contribution in [-0.4, -0.2) is 44.2 Å². The molecule has 0 heterocycles. The van der Waals surface area contributed by atoms with Crippen LogP contribution in [0.3, 0.4) is 0 Å². The van der Waals surface area contributed by atoms with Crippen LogP contribution in [-0.2, 0) is 0 Å². The lowest BCUT2D eigenvalue weighted by Crippen LogP contribution is -2.28. The van der Waals surface area contributed by atoms with Gasteiger partial charge >= 0.3 is 0 Å². The van der Waals surface area contributed by atoms with Gasteiger partial charge in [0.05, 0.1) is 7.11 Å². The van der Waals surface area contributed by atoms with Crippen LogP contribution in [0.5, 0.6) is 23.0 Å². The molecule has 6 heteroatoms. The molecule has 1 N–H and O–H groups in total. The van der Waals surface area contributed by atoms with E-state index in [9.17, 15) is 4.79 Å². The Morgan fingerprint density at radius 1 is 0.909 bits per heavy atom. The number of aryl methyl sites for hydroxylation is 1. The number of nitrogens with zero attached hydrogens (tertiary/aromatic N) is 1. The lowest BCUT2D eigenvalue weighted by Gasteiger charge is -2.19. The predicted octanol–water partition coefficient (Wildman–Crippen LogP) is 5.77. The Labute approximate surface area is 196 Å². The van der Waals surface area contributed by atoms with Crippen molar-refractivity contribution in [3.8, 4) is 23.0 Å². The van der Waals surface area contributed by atoms with Crippen molar-refractivity contribution in [2.75, 3.05) is 38.7 Å². The van der Waals surface area contributed by atoms with Gasteiger partial charge in [-0.1, -0.05) is 37.6 Å². The lowest BCUT2D eigenvalue weighted by atomic mass is 10.2. The molecule has 0 saturated carbocycles. The molecule has 0 fully saturated rings. The smallest absolute Gasteiger partial charge is 0.255 e. The second-order valence-corrected chi connectivity index (χ2v) is 7.64. The standard InChI is InChI=1S/C27H32N2O4/c1-5-29(6-2)16-17-32-26-19-22(12-15-25(26)31-4)28-27(30)21-8-7-9-24(18-21)33-23-13-10-20(3)11-14-23/h7-15,18-19H,5-6,16-17H2,1-4H3,(H,28,30). The fourth-order valence-electron chi connectivity index (χ4n) is 3.34. The second kappa shape index (κ2) is 11.9. The maximum Gasteiger partial charge on any atom is 0.255 e. The van der Waals surface area contributed by atoms with Crippen molar-refractivity contribution >= 4 is 11.6 Å². The van der Waals surface area contributed by atoms with E-state index in [1.807, 2.05) is 37.3 Å². The highest BCUT2D eigenvalue weighted by Gasteiger charge is 2.12. The molecule has 0 spiro atoms. The van der Waals surface area contributed by atoms with E-state index in [4.69, 9.17) is 14.2 Å². The Kier molecular flexibility index (Phi) is 8.72. The molecule has 0 radical (unpaired) electrons. The average Bonchev–Trinajstić information content (AvgIpc) is 2.83. The predicted molar refractivity (Wildman–Crippen MR) is 132 cm³/mol. The van der Waals surface area contributed by atoms with Gasteiger partial charge < -0.3 is 24.4 Å². The Morgan fingerprint density at radius 2 is 1.67 bits per heavy atom. The van der Waals surface area contributed by atoms with Gasteiger partial charge in [0, 0.05) is 23.9 Å². The van der Waals surface area contributed by atoms with Gasteiger partial charge in [-0.2, -0.15) is 0 Å². The van der Waals surface area contributed by atoms with Crippen molar-refractivity contribution in [1.29, 1.82) is 0 Å². The van der Waals surface area contributed by atoms with Crippen LogP contribution in [0.25, 0.3) is 0 Å². The summed E-state index contributed by atoms with van der Waals surface area (Å²) in [4.78, 5) is 15.1. The van der Waals surface area contributed by atoms with E-state index in [2.05, 4.69) is 24.1 Å². The van der Waals surface area contributed by atoms with Crippen LogP contribution in [0.1, 0.15) is 29.8 Å². The summed E-state index contributed by atoms with van der Waals surface area (Å²) in [6.45, 7) is 9.57. The summed E-state index contributed by atoms with van der Waals surface area (Å²) in [6, 6.07) is 20.2. The van der Waals surface area contributed by atoms with Crippen molar-refractivity contribution in [2.24, 2.45) is 0 Å². The lowest BCUT2D eigenvalue weighted by molar-refractivity contribution is 0.102. The van der Waals surface area contributed by atoms with Gasteiger partial charge in [-0.15, -0.1) is 0 Å². The molecule has 0 unspecified atom stereocenters. The van der Waals surface area contributed by atoms with E-state index >= 15 is 0 Å². The van der Waals surface area contributed by atoms with Gasteiger partial charge in [-0.25, -0.2) is 0 Å². The molecule has 3 aromatic carbocycles. The number of benzene rings is 3. The number of methoxy groups -OCH3 is 1. The number of carbonyl (C=O) groups is 1. The summed E-state index contributed by atoms with van der Waals surface area (Å²) in [6.07, 6.45) is 0. The van der Waals surface area contributed by atoms with Gasteiger partial charge in [0.2, 0.25) is 0 Å². The molecule has 33 heavy (non-hydrogen) atoms. The van der Waals surface area contributed by atoms with Crippen LogP contribution in [0.15, 0.2) is 66.7 Å². The molecule has 0 aliphatic carbocycles.